The monoisotopic (exact) mass is 458 g/mol. The summed E-state index contributed by atoms with van der Waals surface area (Å²) < 4.78 is 0. The van der Waals surface area contributed by atoms with Gasteiger partial charge in [0.15, 0.2) is 0 Å². The van der Waals surface area contributed by atoms with E-state index in [1.54, 1.807) is 0 Å². The van der Waals surface area contributed by atoms with Gasteiger partial charge in [-0.05, 0) is 71.5 Å². The smallest absolute Gasteiger partial charge is 0.509 e. The van der Waals surface area contributed by atoms with E-state index < -0.39 is 0 Å². The predicted octanol–water partition coefficient (Wildman–Crippen LogP) is 8.24. The number of hydrogen-bond donors (Lipinski definition) is 2. The standard InChI is InChI=1S/2C10H15.C8H12O2.Ti/c2*1-6-7(2)9(4)10(5)8(6)3;1-2-3-6-4-7(9)8(10)5-6;/h2*1-5H3;2,6,9-10H,1,3-5H2;/q;;;+2. The van der Waals surface area contributed by atoms with Crippen LogP contribution in [0.3, 0.4) is 0 Å². The summed E-state index contributed by atoms with van der Waals surface area (Å²) >= 11 is 0. The Morgan fingerprint density at radius 3 is 0.935 bits per heavy atom. The Kier molecular flexibility index (Phi) is 13.4. The maximum Gasteiger partial charge on any atom is 2.00 e. The van der Waals surface area contributed by atoms with Crippen LogP contribution in [0.1, 0.15) is 88.5 Å². The molecule has 0 amide bonds. The van der Waals surface area contributed by atoms with Gasteiger partial charge in [-0.25, -0.2) is 0 Å². The van der Waals surface area contributed by atoms with Crippen molar-refractivity contribution in [3.8, 4) is 0 Å². The largest absolute Gasteiger partial charge is 2.00 e. The molecule has 31 heavy (non-hydrogen) atoms. The van der Waals surface area contributed by atoms with Crippen molar-refractivity contribution in [2.75, 3.05) is 0 Å². The molecule has 0 aromatic heterocycles. The molecule has 0 aromatic rings. The van der Waals surface area contributed by atoms with Crippen LogP contribution in [0.2, 0.25) is 0 Å². The van der Waals surface area contributed by atoms with Crippen molar-refractivity contribution in [1.29, 1.82) is 0 Å². The average molecular weight is 459 g/mol. The molecule has 0 bridgehead atoms. The first-order valence-electron chi connectivity index (χ1n) is 10.9. The van der Waals surface area contributed by atoms with Gasteiger partial charge in [-0.3, -0.25) is 0 Å². The molecule has 0 heterocycles. The molecule has 3 aliphatic rings. The molecule has 0 aliphatic heterocycles. The third-order valence-corrected chi connectivity index (χ3v) is 7.42. The second-order valence-electron chi connectivity index (χ2n) is 8.94. The minimum atomic E-state index is 0. The first-order valence-corrected chi connectivity index (χ1v) is 10.9. The molecule has 2 N–H and O–H groups in total. The fourth-order valence-corrected chi connectivity index (χ4v) is 4.07. The maximum atomic E-state index is 8.99. The van der Waals surface area contributed by atoms with Crippen LogP contribution >= 0.6 is 0 Å². The zero-order chi connectivity index (χ0) is 23.3. The zero-order valence-corrected chi connectivity index (χ0v) is 22.9. The molecule has 0 saturated heterocycles. The summed E-state index contributed by atoms with van der Waals surface area (Å²) in [5.41, 5.74) is 0. The molecule has 168 valence electrons. The second-order valence-corrected chi connectivity index (χ2v) is 8.94. The van der Waals surface area contributed by atoms with E-state index in [0.717, 1.165) is 6.42 Å². The molecule has 2 fully saturated rings. The van der Waals surface area contributed by atoms with Crippen LogP contribution in [0.4, 0.5) is 0 Å². The van der Waals surface area contributed by atoms with Gasteiger partial charge in [-0.1, -0.05) is 75.3 Å². The first-order chi connectivity index (χ1) is 13.8. The van der Waals surface area contributed by atoms with Crippen LogP contribution in [0.15, 0.2) is 24.2 Å². The van der Waals surface area contributed by atoms with Gasteiger partial charge in [-0.2, -0.15) is 0 Å². The quantitative estimate of drug-likeness (QED) is 0.323. The van der Waals surface area contributed by atoms with Crippen molar-refractivity contribution in [2.45, 2.75) is 88.5 Å². The van der Waals surface area contributed by atoms with E-state index in [0.29, 0.717) is 18.8 Å². The zero-order valence-electron chi connectivity index (χ0n) is 21.4. The Balaban J connectivity index is 0.000000429. The van der Waals surface area contributed by atoms with Crippen LogP contribution in [0.25, 0.3) is 0 Å². The number of allylic oxidation sites excluding steroid dienone is 3. The van der Waals surface area contributed by atoms with E-state index >= 15 is 0 Å². The Morgan fingerprint density at radius 2 is 0.774 bits per heavy atom. The average Bonchev–Trinajstić information content (AvgIpc) is 3.18. The van der Waals surface area contributed by atoms with Gasteiger partial charge in [0.2, 0.25) is 0 Å². The summed E-state index contributed by atoms with van der Waals surface area (Å²) in [6, 6.07) is 0. The van der Waals surface area contributed by atoms with Crippen LogP contribution in [-0.4, -0.2) is 10.2 Å². The number of aliphatic hydroxyl groups is 2. The summed E-state index contributed by atoms with van der Waals surface area (Å²) in [4.78, 5) is 0. The van der Waals surface area contributed by atoms with Crippen molar-refractivity contribution >= 4 is 0 Å². The summed E-state index contributed by atoms with van der Waals surface area (Å²) in [6.45, 7) is 25.6. The Bertz CT molecular complexity index is 438. The molecule has 2 nitrogen and oxygen atoms in total. The van der Waals surface area contributed by atoms with E-state index in [2.05, 4.69) is 75.8 Å². The Morgan fingerprint density at radius 1 is 0.581 bits per heavy atom. The third-order valence-electron chi connectivity index (χ3n) is 7.42. The maximum absolute atomic E-state index is 8.99. The molecule has 3 heteroatoms. The van der Waals surface area contributed by atoms with Crippen LogP contribution in [0, 0.1) is 65.1 Å². The molecule has 10 radical (unpaired) electrons. The van der Waals surface area contributed by atoms with E-state index in [1.165, 1.54) is 59.2 Å². The van der Waals surface area contributed by atoms with Crippen molar-refractivity contribution < 1.29 is 31.9 Å². The van der Waals surface area contributed by atoms with Gasteiger partial charge in [0.05, 0.1) is 0 Å². The van der Waals surface area contributed by atoms with E-state index in [4.69, 9.17) is 10.2 Å². The van der Waals surface area contributed by atoms with Gasteiger partial charge < -0.3 is 10.2 Å². The minimum absolute atomic E-state index is 0. The van der Waals surface area contributed by atoms with Gasteiger partial charge in [-0.15, -0.1) is 6.58 Å². The normalized spacial score (nSPS) is 24.8. The summed E-state index contributed by atoms with van der Waals surface area (Å²) in [6.07, 6.45) is 3.90. The van der Waals surface area contributed by atoms with E-state index in [-0.39, 0.29) is 33.2 Å². The molecule has 3 aliphatic carbocycles. The molecule has 0 aromatic carbocycles. The third kappa shape index (κ3) is 7.67. The summed E-state index contributed by atoms with van der Waals surface area (Å²) in [7, 11) is 0. The van der Waals surface area contributed by atoms with Crippen molar-refractivity contribution in [1.82, 2.24) is 0 Å². The molecular weight excluding hydrogens is 416 g/mol. The van der Waals surface area contributed by atoms with Crippen LogP contribution in [-0.2, 0) is 21.7 Å². The fraction of sp³-hybridized carbons (Fsp3) is 0.500. The summed E-state index contributed by atoms with van der Waals surface area (Å²) in [5.74, 6) is 15.4. The fourth-order valence-electron chi connectivity index (χ4n) is 4.07. The van der Waals surface area contributed by atoms with Crippen molar-refractivity contribution in [2.24, 2.45) is 5.92 Å². The van der Waals surface area contributed by atoms with Crippen molar-refractivity contribution in [3.05, 3.63) is 83.4 Å². The van der Waals surface area contributed by atoms with Gasteiger partial charge >= 0.3 is 21.7 Å². The number of rotatable bonds is 2. The van der Waals surface area contributed by atoms with E-state index in [9.17, 15) is 0 Å². The summed E-state index contributed by atoms with van der Waals surface area (Å²) in [5, 5.41) is 18.0. The van der Waals surface area contributed by atoms with Crippen molar-refractivity contribution in [3.63, 3.8) is 0 Å². The van der Waals surface area contributed by atoms with E-state index in [1.807, 2.05) is 6.08 Å². The predicted molar refractivity (Wildman–Crippen MR) is 129 cm³/mol. The second kappa shape index (κ2) is 13.5. The molecule has 0 atom stereocenters. The van der Waals surface area contributed by atoms with Crippen LogP contribution < -0.4 is 0 Å². The molecule has 0 spiro atoms. The van der Waals surface area contributed by atoms with Gasteiger partial charge in [0, 0.05) is 12.8 Å². The van der Waals surface area contributed by atoms with Gasteiger partial charge in [0.1, 0.15) is 11.5 Å². The first kappa shape index (κ1) is 30.8. The molecule has 2 saturated carbocycles. The Hall–Kier alpha value is -0.206. The molecule has 3 rings (SSSR count). The number of hydrogen-bond acceptors (Lipinski definition) is 2. The topological polar surface area (TPSA) is 40.5 Å². The SMILES string of the molecule is C=CCC1CC(O)=C(O)C1.C[C]1[C](C)[C](C)[C](C)[C]1C.C[C]1[C](C)[C](C)[C](C)[C]1C.[Ti+2]. The van der Waals surface area contributed by atoms with Crippen LogP contribution in [0.5, 0.6) is 0 Å². The molecule has 0 unspecified atom stereocenters. The molecular formula is C28H42O2Ti+2. The minimum Gasteiger partial charge on any atom is -0.509 e. The van der Waals surface area contributed by atoms with Gasteiger partial charge in [0.25, 0.3) is 0 Å². The Labute approximate surface area is 209 Å². The number of aliphatic hydroxyl groups excluding tert-OH is 2.